The van der Waals surface area contributed by atoms with Crippen LogP contribution < -0.4 is 10.6 Å². The normalized spacial score (nSPS) is 9.95. The van der Waals surface area contributed by atoms with Crippen LogP contribution in [0.5, 0.6) is 0 Å². The summed E-state index contributed by atoms with van der Waals surface area (Å²) in [4.78, 5) is 33.4. The van der Waals surface area contributed by atoms with Gasteiger partial charge in [-0.3, -0.25) is 14.9 Å². The molecule has 9 heteroatoms. The quantitative estimate of drug-likeness (QED) is 0.477. The molecule has 0 aliphatic heterocycles. The Kier molecular flexibility index (Phi) is 4.57. The number of ether oxygens (including phenoxy) is 1. The lowest BCUT2D eigenvalue weighted by atomic mass is 10.1. The SMILES string of the molecule is COC(=O)c1cc(N(C)CC(N)=O)c([N+](=O)[O-])cc1F. The highest BCUT2D eigenvalue weighted by Crippen LogP contribution is 2.30. The zero-order chi connectivity index (χ0) is 15.4. The summed E-state index contributed by atoms with van der Waals surface area (Å²) in [7, 11) is 2.40. The molecule has 0 heterocycles. The molecule has 0 atom stereocenters. The lowest BCUT2D eigenvalue weighted by Crippen LogP contribution is -2.31. The van der Waals surface area contributed by atoms with Crippen molar-refractivity contribution >= 4 is 23.3 Å². The number of primary amides is 1. The van der Waals surface area contributed by atoms with Crippen molar-refractivity contribution in [2.75, 3.05) is 25.6 Å². The van der Waals surface area contributed by atoms with E-state index in [1.165, 1.54) is 7.05 Å². The van der Waals surface area contributed by atoms with Gasteiger partial charge in [0, 0.05) is 7.05 Å². The van der Waals surface area contributed by atoms with Gasteiger partial charge in [0.05, 0.1) is 30.2 Å². The Morgan fingerprint density at radius 2 is 2.10 bits per heavy atom. The van der Waals surface area contributed by atoms with E-state index in [0.717, 1.165) is 18.1 Å². The van der Waals surface area contributed by atoms with Crippen molar-refractivity contribution in [2.45, 2.75) is 0 Å². The topological polar surface area (TPSA) is 116 Å². The molecule has 1 aromatic carbocycles. The number of halogens is 1. The Morgan fingerprint density at radius 3 is 2.55 bits per heavy atom. The minimum Gasteiger partial charge on any atom is -0.465 e. The van der Waals surface area contributed by atoms with E-state index in [1.807, 2.05) is 0 Å². The smallest absolute Gasteiger partial charge is 0.340 e. The molecule has 0 saturated carbocycles. The molecule has 20 heavy (non-hydrogen) atoms. The number of amides is 1. The molecular formula is C11H12FN3O5. The molecule has 108 valence electrons. The Bertz CT molecular complexity index is 575. The molecule has 1 aromatic rings. The van der Waals surface area contributed by atoms with Crippen molar-refractivity contribution in [1.82, 2.24) is 0 Å². The summed E-state index contributed by atoms with van der Waals surface area (Å²) in [5.74, 6) is -2.79. The summed E-state index contributed by atoms with van der Waals surface area (Å²) in [6.07, 6.45) is 0. The monoisotopic (exact) mass is 285 g/mol. The number of methoxy groups -OCH3 is 1. The van der Waals surface area contributed by atoms with Crippen LogP contribution >= 0.6 is 0 Å². The maximum atomic E-state index is 13.6. The van der Waals surface area contributed by atoms with E-state index in [9.17, 15) is 24.1 Å². The van der Waals surface area contributed by atoms with E-state index >= 15 is 0 Å². The van der Waals surface area contributed by atoms with Crippen LogP contribution in [0.3, 0.4) is 0 Å². The number of nitro groups is 1. The molecule has 0 aliphatic carbocycles. The summed E-state index contributed by atoms with van der Waals surface area (Å²) >= 11 is 0. The van der Waals surface area contributed by atoms with Gasteiger partial charge in [-0.05, 0) is 6.07 Å². The average Bonchev–Trinajstić information content (AvgIpc) is 2.36. The first-order valence-electron chi connectivity index (χ1n) is 5.33. The zero-order valence-corrected chi connectivity index (χ0v) is 10.8. The first-order valence-corrected chi connectivity index (χ1v) is 5.33. The van der Waals surface area contributed by atoms with Gasteiger partial charge in [0.1, 0.15) is 11.5 Å². The van der Waals surface area contributed by atoms with Crippen molar-refractivity contribution in [1.29, 1.82) is 0 Å². The van der Waals surface area contributed by atoms with E-state index in [4.69, 9.17) is 5.73 Å². The van der Waals surface area contributed by atoms with Gasteiger partial charge >= 0.3 is 5.97 Å². The third-order valence-electron chi connectivity index (χ3n) is 2.47. The van der Waals surface area contributed by atoms with Gasteiger partial charge in [-0.25, -0.2) is 9.18 Å². The van der Waals surface area contributed by atoms with E-state index in [2.05, 4.69) is 4.74 Å². The predicted octanol–water partition coefficient (Wildman–Crippen LogP) is 0.442. The second-order valence-corrected chi connectivity index (χ2v) is 3.89. The minimum absolute atomic E-state index is 0.115. The summed E-state index contributed by atoms with van der Waals surface area (Å²) in [5, 5.41) is 10.9. The molecule has 0 bridgehead atoms. The fourth-order valence-corrected chi connectivity index (χ4v) is 1.59. The largest absolute Gasteiger partial charge is 0.465 e. The first-order chi connectivity index (χ1) is 9.27. The highest BCUT2D eigenvalue weighted by atomic mass is 19.1. The molecule has 0 radical (unpaired) electrons. The van der Waals surface area contributed by atoms with Crippen LogP contribution in [0.4, 0.5) is 15.8 Å². The molecule has 0 aliphatic rings. The Balaban J connectivity index is 3.41. The summed E-state index contributed by atoms with van der Waals surface area (Å²) in [5.41, 5.74) is 3.83. The number of hydrogen-bond acceptors (Lipinski definition) is 6. The molecule has 8 nitrogen and oxygen atoms in total. The standard InChI is InChI=1S/C11H12FN3O5/c1-14(5-10(13)16)8-3-6(11(17)20-2)7(12)4-9(8)15(18)19/h3-4H,5H2,1-2H3,(H2,13,16). The maximum absolute atomic E-state index is 13.6. The summed E-state index contributed by atoms with van der Waals surface area (Å²) in [6, 6.07) is 1.54. The second kappa shape index (κ2) is 5.95. The van der Waals surface area contributed by atoms with Gasteiger partial charge in [0.2, 0.25) is 5.91 Å². The molecule has 0 unspecified atom stereocenters. The van der Waals surface area contributed by atoms with Gasteiger partial charge < -0.3 is 15.4 Å². The molecule has 0 saturated heterocycles. The van der Waals surface area contributed by atoms with Crippen LogP contribution in [0.15, 0.2) is 12.1 Å². The number of carbonyl (C=O) groups excluding carboxylic acids is 2. The first kappa shape index (κ1) is 15.3. The summed E-state index contributed by atoms with van der Waals surface area (Å²) < 4.78 is 18.0. The number of esters is 1. The van der Waals surface area contributed by atoms with Crippen LogP contribution in [-0.2, 0) is 9.53 Å². The minimum atomic E-state index is -1.08. The molecule has 1 rings (SSSR count). The molecular weight excluding hydrogens is 273 g/mol. The second-order valence-electron chi connectivity index (χ2n) is 3.89. The van der Waals surface area contributed by atoms with Crippen molar-refractivity contribution < 1.29 is 23.6 Å². The third-order valence-corrected chi connectivity index (χ3v) is 2.47. The molecule has 2 N–H and O–H groups in total. The lowest BCUT2D eigenvalue weighted by Gasteiger charge is -2.18. The molecule has 0 fully saturated rings. The number of nitrogens with zero attached hydrogens (tertiary/aromatic N) is 2. The van der Waals surface area contributed by atoms with E-state index < -0.39 is 33.9 Å². The Labute approximate surface area is 113 Å². The van der Waals surface area contributed by atoms with E-state index in [1.54, 1.807) is 0 Å². The molecule has 0 spiro atoms. The van der Waals surface area contributed by atoms with Gasteiger partial charge in [-0.15, -0.1) is 0 Å². The van der Waals surface area contributed by atoms with Crippen LogP contribution in [0, 0.1) is 15.9 Å². The number of likely N-dealkylation sites (N-methyl/N-ethyl adjacent to an activating group) is 1. The molecule has 1 amide bonds. The zero-order valence-electron chi connectivity index (χ0n) is 10.8. The highest BCUT2D eigenvalue weighted by Gasteiger charge is 2.24. The van der Waals surface area contributed by atoms with Gasteiger partial charge in [-0.2, -0.15) is 0 Å². The number of nitro benzene ring substituents is 1. The number of rotatable bonds is 5. The van der Waals surface area contributed by atoms with Crippen LogP contribution in [0.2, 0.25) is 0 Å². The van der Waals surface area contributed by atoms with E-state index in [-0.39, 0.29) is 12.2 Å². The number of benzene rings is 1. The number of anilines is 1. The number of nitrogens with two attached hydrogens (primary N) is 1. The summed E-state index contributed by atoms with van der Waals surface area (Å²) in [6.45, 7) is -0.326. The fraction of sp³-hybridized carbons (Fsp3) is 0.273. The Hall–Kier alpha value is -2.71. The van der Waals surface area contributed by atoms with Crippen molar-refractivity contribution in [2.24, 2.45) is 5.73 Å². The van der Waals surface area contributed by atoms with E-state index in [0.29, 0.717) is 6.07 Å². The van der Waals surface area contributed by atoms with Crippen LogP contribution in [0.25, 0.3) is 0 Å². The third kappa shape index (κ3) is 3.19. The maximum Gasteiger partial charge on any atom is 0.340 e. The van der Waals surface area contributed by atoms with Crippen molar-refractivity contribution in [3.05, 3.63) is 33.6 Å². The fourth-order valence-electron chi connectivity index (χ4n) is 1.59. The lowest BCUT2D eigenvalue weighted by molar-refractivity contribution is -0.384. The van der Waals surface area contributed by atoms with Crippen LogP contribution in [0.1, 0.15) is 10.4 Å². The van der Waals surface area contributed by atoms with Gasteiger partial charge in [-0.1, -0.05) is 0 Å². The predicted molar refractivity (Wildman–Crippen MR) is 66.9 cm³/mol. The van der Waals surface area contributed by atoms with Crippen molar-refractivity contribution in [3.8, 4) is 0 Å². The number of hydrogen-bond donors (Lipinski definition) is 1. The Morgan fingerprint density at radius 1 is 1.50 bits per heavy atom. The average molecular weight is 285 g/mol. The highest BCUT2D eigenvalue weighted by molar-refractivity contribution is 5.92. The van der Waals surface area contributed by atoms with Crippen molar-refractivity contribution in [3.63, 3.8) is 0 Å². The van der Waals surface area contributed by atoms with Crippen LogP contribution in [-0.4, -0.2) is 37.5 Å². The number of carbonyl (C=O) groups is 2. The van der Waals surface area contributed by atoms with Gasteiger partial charge in [0.15, 0.2) is 0 Å². The molecule has 0 aromatic heterocycles. The van der Waals surface area contributed by atoms with Gasteiger partial charge in [0.25, 0.3) is 5.69 Å².